The molecule has 0 bridgehead atoms. The lowest BCUT2D eigenvalue weighted by Crippen LogP contribution is -2.45. The summed E-state index contributed by atoms with van der Waals surface area (Å²) in [6, 6.07) is 0. The van der Waals surface area contributed by atoms with Gasteiger partial charge in [-0.05, 0) is 20.8 Å². The van der Waals surface area contributed by atoms with Gasteiger partial charge >= 0.3 is 17.9 Å². The summed E-state index contributed by atoms with van der Waals surface area (Å²) in [6.45, 7) is 11.0. The van der Waals surface area contributed by atoms with Crippen molar-refractivity contribution in [2.75, 3.05) is 46.1 Å². The molecule has 0 aromatic carbocycles. The lowest BCUT2D eigenvalue weighted by molar-refractivity contribution is -0.171. The highest BCUT2D eigenvalue weighted by atomic mass is 31.0. The molecule has 0 aromatic rings. The summed E-state index contributed by atoms with van der Waals surface area (Å²) in [5.74, 6) is -2.99. The smallest absolute Gasteiger partial charge is 0.315 e. The van der Waals surface area contributed by atoms with Gasteiger partial charge in [0.05, 0.1) is 29.0 Å². The van der Waals surface area contributed by atoms with E-state index in [4.69, 9.17) is 18.9 Å². The van der Waals surface area contributed by atoms with Crippen LogP contribution < -0.4 is 10.6 Å². The summed E-state index contributed by atoms with van der Waals surface area (Å²) >= 11 is 0. The van der Waals surface area contributed by atoms with Crippen LogP contribution in [0, 0.1) is 17.3 Å². The minimum absolute atomic E-state index is 0.126. The first kappa shape index (κ1) is 33.7. The van der Waals surface area contributed by atoms with Crippen LogP contribution in [0.15, 0.2) is 0 Å². The van der Waals surface area contributed by atoms with Crippen LogP contribution in [0.25, 0.3) is 0 Å². The van der Waals surface area contributed by atoms with Crippen LogP contribution in [-0.2, 0) is 42.9 Å². The predicted molar refractivity (Wildman–Crippen MR) is 136 cm³/mol. The van der Waals surface area contributed by atoms with Gasteiger partial charge in [-0.3, -0.25) is 24.0 Å². The molecule has 2 N–H and O–H groups in total. The Morgan fingerprint density at radius 2 is 1.28 bits per heavy atom. The van der Waals surface area contributed by atoms with E-state index in [9.17, 15) is 24.0 Å². The van der Waals surface area contributed by atoms with Crippen molar-refractivity contribution in [3.8, 4) is 0 Å². The molecule has 0 aliphatic rings. The number of carbonyl (C=O) groups excluding carboxylic acids is 5. The number of hydrogen-bond acceptors (Lipinski definition) is 9. The molecule has 12 heteroatoms. The predicted octanol–water partition coefficient (Wildman–Crippen LogP) is 1.23. The summed E-state index contributed by atoms with van der Waals surface area (Å²) in [4.78, 5) is 60.4. The fourth-order valence-electron chi connectivity index (χ4n) is 2.45. The van der Waals surface area contributed by atoms with Crippen molar-refractivity contribution >= 4 is 39.0 Å². The molecule has 0 aliphatic carbocycles. The number of rotatable bonds is 17. The summed E-state index contributed by atoms with van der Waals surface area (Å²) in [5, 5.41) is 4.33. The van der Waals surface area contributed by atoms with Gasteiger partial charge in [0.25, 0.3) is 0 Å². The quantitative estimate of drug-likeness (QED) is 0.160. The Hall–Kier alpha value is -2.26. The van der Waals surface area contributed by atoms with Gasteiger partial charge in [-0.25, -0.2) is 0 Å². The highest BCUT2D eigenvalue weighted by molar-refractivity contribution is 7.20. The third kappa shape index (κ3) is 14.3. The highest BCUT2D eigenvalue weighted by Gasteiger charge is 2.38. The van der Waals surface area contributed by atoms with Crippen LogP contribution in [0.2, 0.25) is 0 Å². The second-order valence-electron chi connectivity index (χ2n) is 9.87. The molecule has 1 unspecified atom stereocenters. The van der Waals surface area contributed by atoms with Gasteiger partial charge in [-0.15, -0.1) is 9.24 Å². The van der Waals surface area contributed by atoms with Crippen molar-refractivity contribution in [1.82, 2.24) is 10.6 Å². The number of hydrogen-bond donors (Lipinski definition) is 2. The molecule has 0 aliphatic heterocycles. The number of amides is 2. The van der Waals surface area contributed by atoms with E-state index in [0.717, 1.165) is 0 Å². The first-order valence-electron chi connectivity index (χ1n) is 12.0. The Labute approximate surface area is 216 Å². The second kappa shape index (κ2) is 16.5. The van der Waals surface area contributed by atoms with E-state index in [-0.39, 0.29) is 51.9 Å². The molecule has 11 nitrogen and oxygen atoms in total. The zero-order valence-electron chi connectivity index (χ0n) is 22.6. The van der Waals surface area contributed by atoms with Gasteiger partial charge in [0, 0.05) is 19.5 Å². The Morgan fingerprint density at radius 1 is 0.778 bits per heavy atom. The molecule has 0 spiro atoms. The summed E-state index contributed by atoms with van der Waals surface area (Å²) < 4.78 is 21.8. The lowest BCUT2D eigenvalue weighted by atomic mass is 9.92. The summed E-state index contributed by atoms with van der Waals surface area (Å²) in [6.07, 6.45) is 0.126. The van der Waals surface area contributed by atoms with Crippen molar-refractivity contribution in [2.24, 2.45) is 17.3 Å². The molecule has 36 heavy (non-hydrogen) atoms. The van der Waals surface area contributed by atoms with Gasteiger partial charge in [0.2, 0.25) is 11.8 Å². The lowest BCUT2D eigenvalue weighted by Gasteiger charge is -2.33. The minimum atomic E-state index is -1.25. The summed E-state index contributed by atoms with van der Waals surface area (Å²) in [7, 11) is 2.38. The van der Waals surface area contributed by atoms with E-state index in [1.54, 1.807) is 48.5 Å². The molecule has 0 fully saturated rings. The largest absolute Gasteiger partial charge is 0.465 e. The zero-order valence-corrected chi connectivity index (χ0v) is 23.7. The standard InChI is InChI=1S/C24H43N2O9P/c1-8-25-18(27)9-10-26-19(28)11-32-12-24(13-33-20(29)16(2)3,14-34-21(30)17(4)5)15-35-22(31)23(6,7)36/h16-17H,8-15,36H2,1-7H3,(H,25,27)(H,26,28). The molecule has 0 aromatic heterocycles. The molecule has 0 saturated carbocycles. The molecule has 0 heterocycles. The van der Waals surface area contributed by atoms with Crippen LogP contribution in [0.4, 0.5) is 0 Å². The minimum Gasteiger partial charge on any atom is -0.465 e. The van der Waals surface area contributed by atoms with Crippen molar-refractivity contribution in [2.45, 2.75) is 60.0 Å². The summed E-state index contributed by atoms with van der Waals surface area (Å²) in [5.41, 5.74) is -1.25. The Kier molecular flexibility index (Phi) is 15.4. The molecular formula is C24H43N2O9P. The molecule has 0 saturated heterocycles. The number of nitrogens with one attached hydrogen (secondary N) is 2. The topological polar surface area (TPSA) is 146 Å². The highest BCUT2D eigenvalue weighted by Crippen LogP contribution is 2.25. The Morgan fingerprint density at radius 3 is 1.72 bits per heavy atom. The first-order chi connectivity index (χ1) is 16.6. The molecular weight excluding hydrogens is 491 g/mol. The fraction of sp³-hybridized carbons (Fsp3) is 0.792. The van der Waals surface area contributed by atoms with E-state index in [1.807, 2.05) is 0 Å². The monoisotopic (exact) mass is 534 g/mol. The second-order valence-corrected chi connectivity index (χ2v) is 11.3. The number of esters is 3. The van der Waals surface area contributed by atoms with Crippen LogP contribution >= 0.6 is 9.24 Å². The maximum atomic E-state index is 12.4. The van der Waals surface area contributed by atoms with E-state index in [2.05, 4.69) is 19.9 Å². The fourth-order valence-corrected chi connectivity index (χ4v) is 2.53. The van der Waals surface area contributed by atoms with Crippen molar-refractivity contribution in [3.05, 3.63) is 0 Å². The van der Waals surface area contributed by atoms with Crippen molar-refractivity contribution < 1.29 is 42.9 Å². The molecule has 208 valence electrons. The normalized spacial score (nSPS) is 11.7. The first-order valence-corrected chi connectivity index (χ1v) is 12.6. The van der Waals surface area contributed by atoms with E-state index in [0.29, 0.717) is 6.54 Å². The molecule has 0 rings (SSSR count). The average Bonchev–Trinajstić information content (AvgIpc) is 2.78. The molecule has 1 atom stereocenters. The molecule has 2 amide bonds. The average molecular weight is 535 g/mol. The maximum Gasteiger partial charge on any atom is 0.315 e. The van der Waals surface area contributed by atoms with Crippen LogP contribution in [0.1, 0.15) is 54.9 Å². The van der Waals surface area contributed by atoms with E-state index >= 15 is 0 Å². The van der Waals surface area contributed by atoms with Crippen LogP contribution in [0.5, 0.6) is 0 Å². The number of carbonyl (C=O) groups is 5. The van der Waals surface area contributed by atoms with Crippen LogP contribution in [-0.4, -0.2) is 81.0 Å². The number of ether oxygens (including phenoxy) is 4. The SMILES string of the molecule is CCNC(=O)CCNC(=O)COCC(COC(=O)C(C)C)(COC(=O)C(C)C)COC(=O)C(C)(C)P. The van der Waals surface area contributed by atoms with E-state index < -0.39 is 46.2 Å². The third-order valence-electron chi connectivity index (χ3n) is 4.71. The third-order valence-corrected chi connectivity index (χ3v) is 4.94. The Bertz CT molecular complexity index is 724. The van der Waals surface area contributed by atoms with Gasteiger partial charge in [-0.2, -0.15) is 0 Å². The zero-order chi connectivity index (χ0) is 27.9. The van der Waals surface area contributed by atoms with Gasteiger partial charge in [-0.1, -0.05) is 27.7 Å². The van der Waals surface area contributed by atoms with E-state index in [1.165, 1.54) is 0 Å². The molecule has 0 radical (unpaired) electrons. The van der Waals surface area contributed by atoms with Gasteiger partial charge in [0.1, 0.15) is 26.4 Å². The Balaban J connectivity index is 5.44. The van der Waals surface area contributed by atoms with Crippen LogP contribution in [0.3, 0.4) is 0 Å². The van der Waals surface area contributed by atoms with Crippen molar-refractivity contribution in [1.29, 1.82) is 0 Å². The van der Waals surface area contributed by atoms with Crippen molar-refractivity contribution in [3.63, 3.8) is 0 Å². The van der Waals surface area contributed by atoms with Gasteiger partial charge in [0.15, 0.2) is 0 Å². The maximum absolute atomic E-state index is 12.4. The van der Waals surface area contributed by atoms with Gasteiger partial charge < -0.3 is 29.6 Å².